The standard InChI is InChI=1S/C17H21Cl2N3OS.2ClH/c1-3-17(4-2,10-20)22-15(23)8-12-9-24-16(21-12)13-6-5-11(18)7-14(13)19;;/h5-7,9H,3-4,8,10,20H2,1-2H3,(H,22,23);2*1H. The normalized spacial score (nSPS) is 10.7. The van der Waals surface area contributed by atoms with E-state index in [1.54, 1.807) is 12.1 Å². The quantitative estimate of drug-likeness (QED) is 0.603. The van der Waals surface area contributed by atoms with Crippen molar-refractivity contribution in [3.05, 3.63) is 39.3 Å². The first-order valence-corrected chi connectivity index (χ1v) is 9.47. The van der Waals surface area contributed by atoms with Crippen molar-refractivity contribution < 1.29 is 4.79 Å². The molecule has 26 heavy (non-hydrogen) atoms. The highest BCUT2D eigenvalue weighted by molar-refractivity contribution is 7.13. The Balaban J connectivity index is 0.00000312. The van der Waals surface area contributed by atoms with Crippen molar-refractivity contribution >= 4 is 65.3 Å². The number of hydrogen-bond acceptors (Lipinski definition) is 4. The fourth-order valence-electron chi connectivity index (χ4n) is 2.45. The molecule has 4 nitrogen and oxygen atoms in total. The number of amides is 1. The Hall–Kier alpha value is -0.560. The van der Waals surface area contributed by atoms with E-state index in [0.29, 0.717) is 16.6 Å². The van der Waals surface area contributed by atoms with Gasteiger partial charge in [0.1, 0.15) is 5.01 Å². The summed E-state index contributed by atoms with van der Waals surface area (Å²) in [6, 6.07) is 5.29. The number of carbonyl (C=O) groups excluding carboxylic acids is 1. The third-order valence-electron chi connectivity index (χ3n) is 4.20. The highest BCUT2D eigenvalue weighted by Gasteiger charge is 2.26. The van der Waals surface area contributed by atoms with Gasteiger partial charge in [-0.25, -0.2) is 4.98 Å². The maximum atomic E-state index is 12.3. The minimum Gasteiger partial charge on any atom is -0.349 e. The molecule has 0 unspecified atom stereocenters. The van der Waals surface area contributed by atoms with E-state index in [1.807, 2.05) is 25.3 Å². The molecule has 146 valence electrons. The Kier molecular flexibility index (Phi) is 11.1. The summed E-state index contributed by atoms with van der Waals surface area (Å²) in [6.07, 6.45) is 1.83. The largest absolute Gasteiger partial charge is 0.349 e. The van der Waals surface area contributed by atoms with Gasteiger partial charge in [-0.3, -0.25) is 4.79 Å². The molecule has 0 saturated heterocycles. The van der Waals surface area contributed by atoms with Crippen molar-refractivity contribution in [2.24, 2.45) is 5.73 Å². The van der Waals surface area contributed by atoms with E-state index in [1.165, 1.54) is 11.3 Å². The second-order valence-electron chi connectivity index (χ2n) is 5.68. The van der Waals surface area contributed by atoms with Crippen molar-refractivity contribution in [2.45, 2.75) is 38.6 Å². The zero-order chi connectivity index (χ0) is 17.7. The van der Waals surface area contributed by atoms with E-state index in [9.17, 15) is 4.79 Å². The molecule has 0 radical (unpaired) electrons. The number of nitrogens with one attached hydrogen (secondary N) is 1. The second kappa shape index (κ2) is 11.3. The maximum absolute atomic E-state index is 12.3. The van der Waals surface area contributed by atoms with Crippen LogP contribution in [0.15, 0.2) is 23.6 Å². The molecule has 2 aromatic rings. The summed E-state index contributed by atoms with van der Waals surface area (Å²) in [6.45, 7) is 4.48. The Bertz CT molecular complexity index is 712. The van der Waals surface area contributed by atoms with Gasteiger partial charge in [0, 0.05) is 22.5 Å². The average molecular weight is 459 g/mol. The van der Waals surface area contributed by atoms with E-state index in [0.717, 1.165) is 29.1 Å². The molecule has 0 bridgehead atoms. The van der Waals surface area contributed by atoms with Gasteiger partial charge in [0.15, 0.2) is 0 Å². The predicted molar refractivity (Wildman–Crippen MR) is 116 cm³/mol. The number of benzene rings is 1. The summed E-state index contributed by atoms with van der Waals surface area (Å²) < 4.78 is 0. The monoisotopic (exact) mass is 457 g/mol. The Morgan fingerprint density at radius 2 is 1.92 bits per heavy atom. The fraction of sp³-hybridized carbons (Fsp3) is 0.412. The SMILES string of the molecule is CCC(CC)(CN)NC(=O)Cc1csc(-c2ccc(Cl)cc2Cl)n1.Cl.Cl. The molecular weight excluding hydrogens is 436 g/mol. The van der Waals surface area contributed by atoms with Gasteiger partial charge in [0.25, 0.3) is 0 Å². The van der Waals surface area contributed by atoms with E-state index in [4.69, 9.17) is 28.9 Å². The van der Waals surface area contributed by atoms with Crippen molar-refractivity contribution in [3.63, 3.8) is 0 Å². The number of halogens is 4. The summed E-state index contributed by atoms with van der Waals surface area (Å²) in [5, 5.41) is 6.83. The minimum atomic E-state index is -0.338. The van der Waals surface area contributed by atoms with Crippen LogP contribution in [0.5, 0.6) is 0 Å². The highest BCUT2D eigenvalue weighted by Crippen LogP contribution is 2.32. The van der Waals surface area contributed by atoms with Crippen LogP contribution in [-0.2, 0) is 11.2 Å². The number of carbonyl (C=O) groups is 1. The second-order valence-corrected chi connectivity index (χ2v) is 7.39. The van der Waals surface area contributed by atoms with Gasteiger partial charge in [-0.2, -0.15) is 0 Å². The lowest BCUT2D eigenvalue weighted by atomic mass is 9.92. The van der Waals surface area contributed by atoms with Crippen LogP contribution in [0.2, 0.25) is 10.0 Å². The third-order valence-corrected chi connectivity index (χ3v) is 5.68. The van der Waals surface area contributed by atoms with Crippen LogP contribution in [0.4, 0.5) is 0 Å². The van der Waals surface area contributed by atoms with Crippen LogP contribution >= 0.6 is 59.4 Å². The fourth-order valence-corrected chi connectivity index (χ4v) is 3.86. The summed E-state index contributed by atoms with van der Waals surface area (Å²) >= 11 is 13.6. The molecule has 2 rings (SSSR count). The number of thiazole rings is 1. The van der Waals surface area contributed by atoms with Gasteiger partial charge in [-0.1, -0.05) is 37.0 Å². The molecule has 1 amide bonds. The molecule has 0 atom stereocenters. The molecule has 0 fully saturated rings. The average Bonchev–Trinajstić information content (AvgIpc) is 3.00. The summed E-state index contributed by atoms with van der Waals surface area (Å²) in [5.74, 6) is -0.0665. The van der Waals surface area contributed by atoms with E-state index in [2.05, 4.69) is 10.3 Å². The third kappa shape index (κ3) is 6.25. The lowest BCUT2D eigenvalue weighted by molar-refractivity contribution is -0.122. The Morgan fingerprint density at radius 1 is 1.27 bits per heavy atom. The van der Waals surface area contributed by atoms with Crippen molar-refractivity contribution in [2.75, 3.05) is 6.54 Å². The van der Waals surface area contributed by atoms with Crippen molar-refractivity contribution in [3.8, 4) is 10.6 Å². The molecule has 1 heterocycles. The lowest BCUT2D eigenvalue weighted by Gasteiger charge is -2.31. The first-order chi connectivity index (χ1) is 11.4. The van der Waals surface area contributed by atoms with Gasteiger partial charge in [-0.05, 0) is 31.0 Å². The molecule has 1 aromatic heterocycles. The molecule has 0 spiro atoms. The lowest BCUT2D eigenvalue weighted by Crippen LogP contribution is -2.53. The number of rotatable bonds is 7. The first-order valence-electron chi connectivity index (χ1n) is 7.84. The molecule has 0 saturated carbocycles. The van der Waals surface area contributed by atoms with Crippen molar-refractivity contribution in [1.29, 1.82) is 0 Å². The molecule has 0 aliphatic rings. The van der Waals surface area contributed by atoms with E-state index >= 15 is 0 Å². The smallest absolute Gasteiger partial charge is 0.226 e. The van der Waals surface area contributed by atoms with Crippen LogP contribution in [0.1, 0.15) is 32.4 Å². The van der Waals surface area contributed by atoms with Gasteiger partial charge in [0.2, 0.25) is 5.91 Å². The van der Waals surface area contributed by atoms with Crippen LogP contribution in [-0.4, -0.2) is 23.0 Å². The molecule has 3 N–H and O–H groups in total. The predicted octanol–water partition coefficient (Wildman–Crippen LogP) is 5.14. The topological polar surface area (TPSA) is 68.0 Å². The Labute approximate surface area is 180 Å². The zero-order valence-electron chi connectivity index (χ0n) is 14.6. The molecule has 1 aromatic carbocycles. The van der Waals surface area contributed by atoms with Crippen LogP contribution in [0.25, 0.3) is 10.6 Å². The number of nitrogens with zero attached hydrogens (tertiary/aromatic N) is 1. The highest BCUT2D eigenvalue weighted by atomic mass is 35.5. The number of aromatic nitrogens is 1. The first kappa shape index (κ1) is 25.4. The summed E-state index contributed by atoms with van der Waals surface area (Å²) in [7, 11) is 0. The van der Waals surface area contributed by atoms with Gasteiger partial charge in [0.05, 0.1) is 22.7 Å². The molecular formula is C17H23Cl4N3OS. The molecule has 9 heteroatoms. The van der Waals surface area contributed by atoms with Gasteiger partial charge in [-0.15, -0.1) is 36.2 Å². The van der Waals surface area contributed by atoms with E-state index < -0.39 is 0 Å². The summed E-state index contributed by atoms with van der Waals surface area (Å²) in [4.78, 5) is 16.8. The van der Waals surface area contributed by atoms with Crippen LogP contribution in [0, 0.1) is 0 Å². The minimum absolute atomic E-state index is 0. The van der Waals surface area contributed by atoms with Gasteiger partial charge < -0.3 is 11.1 Å². The molecule has 0 aliphatic heterocycles. The Morgan fingerprint density at radius 3 is 2.46 bits per heavy atom. The van der Waals surface area contributed by atoms with Gasteiger partial charge >= 0.3 is 0 Å². The van der Waals surface area contributed by atoms with Crippen LogP contribution < -0.4 is 11.1 Å². The zero-order valence-corrected chi connectivity index (χ0v) is 18.5. The van der Waals surface area contributed by atoms with E-state index in [-0.39, 0.29) is 42.7 Å². The number of hydrogen-bond donors (Lipinski definition) is 2. The number of nitrogens with two attached hydrogens (primary N) is 1. The molecule has 0 aliphatic carbocycles. The summed E-state index contributed by atoms with van der Waals surface area (Å²) in [5.41, 5.74) is 7.02. The maximum Gasteiger partial charge on any atom is 0.226 e. The van der Waals surface area contributed by atoms with Crippen LogP contribution in [0.3, 0.4) is 0 Å². The van der Waals surface area contributed by atoms with Crippen molar-refractivity contribution in [1.82, 2.24) is 10.3 Å².